The highest BCUT2D eigenvalue weighted by atomic mass is 35.5. The number of carbonyl (C=O) groups is 1. The summed E-state index contributed by atoms with van der Waals surface area (Å²) in [6.07, 6.45) is 0.880. The number of H-pyrrole nitrogens is 1. The Bertz CT molecular complexity index is 746. The van der Waals surface area contributed by atoms with Gasteiger partial charge in [-0.2, -0.15) is 5.10 Å². The molecule has 8 heteroatoms. The van der Waals surface area contributed by atoms with Crippen molar-refractivity contribution in [1.82, 2.24) is 25.7 Å². The van der Waals surface area contributed by atoms with E-state index in [1.807, 2.05) is 18.2 Å². The minimum Gasteiger partial charge on any atom is -0.379 e. The first-order valence-electron chi connectivity index (χ1n) is 9.24. The molecule has 0 aliphatic carbocycles. The van der Waals surface area contributed by atoms with Crippen LogP contribution in [0.4, 0.5) is 0 Å². The Morgan fingerprint density at radius 1 is 1.26 bits per heavy atom. The fourth-order valence-electron chi connectivity index (χ4n) is 3.60. The van der Waals surface area contributed by atoms with Gasteiger partial charge in [0.2, 0.25) is 0 Å². The molecular formula is C19H26ClN5O2. The van der Waals surface area contributed by atoms with Crippen molar-refractivity contribution in [2.75, 3.05) is 39.4 Å². The van der Waals surface area contributed by atoms with Gasteiger partial charge >= 0.3 is 0 Å². The number of morpholine rings is 1. The molecule has 1 fully saturated rings. The predicted octanol–water partition coefficient (Wildman–Crippen LogP) is 1.28. The monoisotopic (exact) mass is 391 g/mol. The van der Waals surface area contributed by atoms with Gasteiger partial charge in [0.05, 0.1) is 19.3 Å². The number of amides is 1. The van der Waals surface area contributed by atoms with Crippen molar-refractivity contribution in [2.45, 2.75) is 19.0 Å². The van der Waals surface area contributed by atoms with Gasteiger partial charge in [-0.3, -0.25) is 14.8 Å². The lowest BCUT2D eigenvalue weighted by Crippen LogP contribution is -2.43. The van der Waals surface area contributed by atoms with Crippen molar-refractivity contribution in [2.24, 2.45) is 0 Å². The van der Waals surface area contributed by atoms with Crippen LogP contribution in [0.3, 0.4) is 0 Å². The lowest BCUT2D eigenvalue weighted by Gasteiger charge is -2.31. The molecule has 27 heavy (non-hydrogen) atoms. The van der Waals surface area contributed by atoms with Crippen molar-refractivity contribution < 1.29 is 9.53 Å². The second kappa shape index (κ2) is 9.32. The molecule has 3 N–H and O–H groups in total. The smallest absolute Gasteiger partial charge is 0.272 e. The number of hydrogen-bond donors (Lipinski definition) is 3. The molecule has 7 nitrogen and oxygen atoms in total. The Balaban J connectivity index is 0.00000210. The van der Waals surface area contributed by atoms with Crippen LogP contribution in [0.1, 0.15) is 33.4 Å². The van der Waals surface area contributed by atoms with Gasteiger partial charge in [0.25, 0.3) is 5.91 Å². The van der Waals surface area contributed by atoms with E-state index >= 15 is 0 Å². The second-order valence-electron chi connectivity index (χ2n) is 6.81. The summed E-state index contributed by atoms with van der Waals surface area (Å²) >= 11 is 0. The maximum atomic E-state index is 12.9. The average Bonchev–Trinajstić information content (AvgIpc) is 3.13. The Morgan fingerprint density at radius 3 is 2.81 bits per heavy atom. The van der Waals surface area contributed by atoms with E-state index in [1.54, 1.807) is 0 Å². The van der Waals surface area contributed by atoms with E-state index < -0.39 is 0 Å². The third-order valence-electron chi connectivity index (χ3n) is 5.07. The van der Waals surface area contributed by atoms with Gasteiger partial charge in [0.15, 0.2) is 5.69 Å². The summed E-state index contributed by atoms with van der Waals surface area (Å²) in [5.41, 5.74) is 3.68. The fourth-order valence-corrected chi connectivity index (χ4v) is 3.60. The van der Waals surface area contributed by atoms with Gasteiger partial charge < -0.3 is 15.4 Å². The van der Waals surface area contributed by atoms with Crippen LogP contribution in [0.15, 0.2) is 30.3 Å². The van der Waals surface area contributed by atoms with E-state index in [9.17, 15) is 4.79 Å². The number of benzene rings is 1. The van der Waals surface area contributed by atoms with Crippen LogP contribution in [-0.2, 0) is 17.7 Å². The highest BCUT2D eigenvalue weighted by Gasteiger charge is 2.25. The van der Waals surface area contributed by atoms with Crippen molar-refractivity contribution in [1.29, 1.82) is 0 Å². The molecule has 0 saturated carbocycles. The van der Waals surface area contributed by atoms with Crippen molar-refractivity contribution in [3.05, 3.63) is 52.8 Å². The van der Waals surface area contributed by atoms with Crippen LogP contribution in [0, 0.1) is 0 Å². The third kappa shape index (κ3) is 4.68. The molecule has 0 radical (unpaired) electrons. The van der Waals surface area contributed by atoms with Gasteiger partial charge in [-0.05, 0) is 5.56 Å². The molecule has 3 heterocycles. The molecule has 2 aliphatic heterocycles. The molecule has 0 bridgehead atoms. The summed E-state index contributed by atoms with van der Waals surface area (Å²) in [7, 11) is 0. The minimum absolute atomic E-state index is 0. The van der Waals surface area contributed by atoms with E-state index in [1.165, 1.54) is 0 Å². The van der Waals surface area contributed by atoms with Crippen molar-refractivity contribution in [3.63, 3.8) is 0 Å². The van der Waals surface area contributed by atoms with Crippen LogP contribution in [0.2, 0.25) is 0 Å². The number of hydrogen-bond acceptors (Lipinski definition) is 5. The Labute approximate surface area is 165 Å². The summed E-state index contributed by atoms with van der Waals surface area (Å²) in [6, 6.07) is 10.1. The SMILES string of the molecule is Cl.O=C(NC(CN1CCOCC1)c1ccccc1)c1n[nH]c2c1CNCC2. The zero-order valence-corrected chi connectivity index (χ0v) is 16.1. The molecule has 1 atom stereocenters. The number of nitrogens with one attached hydrogen (secondary N) is 3. The standard InChI is InChI=1S/C19H25N5O2.ClH/c25-19(18-15-12-20-7-6-16(15)22-23-18)21-17(14-4-2-1-3-5-14)13-24-8-10-26-11-9-24;/h1-5,17,20H,6-13H2,(H,21,25)(H,22,23);1H. The Kier molecular flexibility index (Phi) is 6.84. The Hall–Kier alpha value is -1.93. The number of nitrogens with zero attached hydrogens (tertiary/aromatic N) is 2. The summed E-state index contributed by atoms with van der Waals surface area (Å²) in [6.45, 7) is 5.64. The number of aromatic amines is 1. The maximum absolute atomic E-state index is 12.9. The van der Waals surface area contributed by atoms with Crippen molar-refractivity contribution in [3.8, 4) is 0 Å². The number of carbonyl (C=O) groups excluding carboxylic acids is 1. The first-order valence-corrected chi connectivity index (χ1v) is 9.24. The van der Waals surface area contributed by atoms with Gasteiger partial charge in [-0.25, -0.2) is 0 Å². The normalized spacial score (nSPS) is 18.2. The second-order valence-corrected chi connectivity index (χ2v) is 6.81. The van der Waals surface area contributed by atoms with E-state index in [0.29, 0.717) is 12.2 Å². The zero-order chi connectivity index (χ0) is 17.8. The average molecular weight is 392 g/mol. The zero-order valence-electron chi connectivity index (χ0n) is 15.2. The molecule has 1 aromatic carbocycles. The van der Waals surface area contributed by atoms with E-state index in [0.717, 1.165) is 62.6 Å². The quantitative estimate of drug-likeness (QED) is 0.715. The van der Waals surface area contributed by atoms with Crippen LogP contribution in [0.5, 0.6) is 0 Å². The summed E-state index contributed by atoms with van der Waals surface area (Å²) in [5, 5.41) is 13.8. The molecule has 1 aromatic heterocycles. The van der Waals surface area contributed by atoms with E-state index in [-0.39, 0.29) is 24.4 Å². The van der Waals surface area contributed by atoms with E-state index in [2.05, 4.69) is 37.9 Å². The van der Waals surface area contributed by atoms with Crippen LogP contribution < -0.4 is 10.6 Å². The molecule has 1 amide bonds. The van der Waals surface area contributed by atoms with Crippen molar-refractivity contribution >= 4 is 18.3 Å². The molecule has 146 valence electrons. The first kappa shape index (κ1) is 19.8. The van der Waals surface area contributed by atoms with Gasteiger partial charge in [-0.1, -0.05) is 30.3 Å². The van der Waals surface area contributed by atoms with Gasteiger partial charge in [0, 0.05) is 50.4 Å². The molecule has 1 saturated heterocycles. The summed E-state index contributed by atoms with van der Waals surface area (Å²) in [4.78, 5) is 15.3. The largest absolute Gasteiger partial charge is 0.379 e. The molecular weight excluding hydrogens is 366 g/mol. The molecule has 1 unspecified atom stereocenters. The van der Waals surface area contributed by atoms with Crippen LogP contribution >= 0.6 is 12.4 Å². The Morgan fingerprint density at radius 2 is 2.04 bits per heavy atom. The number of halogens is 1. The van der Waals surface area contributed by atoms with Gasteiger partial charge in [0.1, 0.15) is 0 Å². The lowest BCUT2D eigenvalue weighted by atomic mass is 10.0. The maximum Gasteiger partial charge on any atom is 0.272 e. The predicted molar refractivity (Wildman–Crippen MR) is 105 cm³/mol. The summed E-state index contributed by atoms with van der Waals surface area (Å²) < 4.78 is 5.44. The van der Waals surface area contributed by atoms with Crippen LogP contribution in [0.25, 0.3) is 0 Å². The highest BCUT2D eigenvalue weighted by molar-refractivity contribution is 5.94. The molecule has 2 aliphatic rings. The van der Waals surface area contributed by atoms with Crippen LogP contribution in [-0.4, -0.2) is 60.4 Å². The topological polar surface area (TPSA) is 82.3 Å². The number of fused-ring (bicyclic) bond motifs is 1. The molecule has 2 aromatic rings. The van der Waals surface area contributed by atoms with E-state index in [4.69, 9.17) is 4.74 Å². The summed E-state index contributed by atoms with van der Waals surface area (Å²) in [5.74, 6) is -0.117. The molecule has 4 rings (SSSR count). The highest BCUT2D eigenvalue weighted by Crippen LogP contribution is 2.19. The molecule has 0 spiro atoms. The number of ether oxygens (including phenoxy) is 1. The number of aromatic nitrogens is 2. The minimum atomic E-state index is -0.117. The lowest BCUT2D eigenvalue weighted by molar-refractivity contribution is 0.0332. The third-order valence-corrected chi connectivity index (χ3v) is 5.07. The number of rotatable bonds is 5. The fraction of sp³-hybridized carbons (Fsp3) is 0.474. The first-order chi connectivity index (χ1) is 12.8. The van der Waals surface area contributed by atoms with Gasteiger partial charge in [-0.15, -0.1) is 12.4 Å².